The molecule has 1 N–H and O–H groups in total. The summed E-state index contributed by atoms with van der Waals surface area (Å²) in [6, 6.07) is 6.44. The summed E-state index contributed by atoms with van der Waals surface area (Å²) in [7, 11) is 0. The Kier molecular flexibility index (Phi) is 4.11. The van der Waals surface area contributed by atoms with Crippen LogP contribution in [0.4, 0.5) is 4.39 Å². The number of fused-ring (bicyclic) bond motifs is 1. The Morgan fingerprint density at radius 2 is 2.08 bits per heavy atom. The summed E-state index contributed by atoms with van der Waals surface area (Å²) in [6.45, 7) is 2.23. The lowest BCUT2D eigenvalue weighted by molar-refractivity contribution is 0.0925. The number of amides is 1. The molecule has 1 aliphatic rings. The van der Waals surface area contributed by atoms with Gasteiger partial charge in [-0.15, -0.1) is 11.3 Å². The largest absolute Gasteiger partial charge is 0.351 e. The van der Waals surface area contributed by atoms with Crippen LogP contribution in [0.1, 0.15) is 40.9 Å². The summed E-state index contributed by atoms with van der Waals surface area (Å²) in [5.74, 6) is -0.693. The van der Waals surface area contributed by atoms with Gasteiger partial charge in [-0.1, -0.05) is 18.6 Å². The zero-order valence-electron chi connectivity index (χ0n) is 14.3. The second kappa shape index (κ2) is 6.32. The van der Waals surface area contributed by atoms with E-state index in [2.05, 4.69) is 10.3 Å². The second-order valence-electron chi connectivity index (χ2n) is 6.80. The fourth-order valence-electron chi connectivity index (χ4n) is 3.50. The molecule has 1 fully saturated rings. The topological polar surface area (TPSA) is 63.5 Å². The number of benzene rings is 1. The first-order valence-corrected chi connectivity index (χ1v) is 9.38. The van der Waals surface area contributed by atoms with Gasteiger partial charge in [-0.3, -0.25) is 14.0 Å². The standard InChI is InChI=1S/C19H18FN3O2S/c1-12-10-26-18-21-9-15(17(25)23(12)18)16(24)22-11-19(7-2-8-19)13-3-5-14(20)6-4-13/h3-6,9-10H,2,7-8,11H2,1H3,(H,22,24). The second-order valence-corrected chi connectivity index (χ2v) is 7.63. The van der Waals surface area contributed by atoms with Crippen LogP contribution in [0.5, 0.6) is 0 Å². The van der Waals surface area contributed by atoms with Gasteiger partial charge in [0.1, 0.15) is 11.4 Å². The third-order valence-electron chi connectivity index (χ3n) is 5.22. The number of nitrogens with one attached hydrogen (secondary N) is 1. The van der Waals surface area contributed by atoms with E-state index in [0.29, 0.717) is 11.5 Å². The molecule has 0 aliphatic heterocycles. The van der Waals surface area contributed by atoms with Crippen molar-refractivity contribution in [2.75, 3.05) is 6.54 Å². The summed E-state index contributed by atoms with van der Waals surface area (Å²) in [6.07, 6.45) is 4.27. The van der Waals surface area contributed by atoms with Gasteiger partial charge in [-0.2, -0.15) is 0 Å². The minimum absolute atomic E-state index is 0.0394. The van der Waals surface area contributed by atoms with Gasteiger partial charge in [-0.05, 0) is 37.5 Å². The lowest BCUT2D eigenvalue weighted by Gasteiger charge is -2.42. The molecule has 0 bridgehead atoms. The smallest absolute Gasteiger partial charge is 0.271 e. The van der Waals surface area contributed by atoms with Gasteiger partial charge in [-0.25, -0.2) is 9.37 Å². The third-order valence-corrected chi connectivity index (χ3v) is 6.17. The highest BCUT2D eigenvalue weighted by atomic mass is 32.1. The average Bonchev–Trinajstić information content (AvgIpc) is 2.97. The molecule has 0 spiro atoms. The number of thiazole rings is 1. The van der Waals surface area contributed by atoms with Crippen LogP contribution >= 0.6 is 11.3 Å². The SMILES string of the molecule is Cc1csc2ncc(C(=O)NCC3(c4ccc(F)cc4)CCC3)c(=O)n12. The lowest BCUT2D eigenvalue weighted by Crippen LogP contribution is -2.46. The zero-order valence-corrected chi connectivity index (χ0v) is 15.1. The minimum Gasteiger partial charge on any atom is -0.351 e. The van der Waals surface area contributed by atoms with E-state index in [4.69, 9.17) is 0 Å². The third kappa shape index (κ3) is 2.72. The van der Waals surface area contributed by atoms with E-state index in [-0.39, 0.29) is 22.4 Å². The van der Waals surface area contributed by atoms with Gasteiger partial charge in [0.15, 0.2) is 4.96 Å². The van der Waals surface area contributed by atoms with Crippen molar-refractivity contribution in [3.63, 3.8) is 0 Å². The van der Waals surface area contributed by atoms with Crippen molar-refractivity contribution in [3.05, 3.63) is 68.8 Å². The van der Waals surface area contributed by atoms with Crippen LogP contribution in [0, 0.1) is 12.7 Å². The Labute approximate surface area is 153 Å². The molecule has 1 aliphatic carbocycles. The Hall–Kier alpha value is -2.54. The molecule has 4 rings (SSSR count). The van der Waals surface area contributed by atoms with Crippen molar-refractivity contribution in [1.29, 1.82) is 0 Å². The average molecular weight is 371 g/mol. The molecule has 2 heterocycles. The van der Waals surface area contributed by atoms with E-state index in [1.807, 2.05) is 12.3 Å². The number of hydrogen-bond acceptors (Lipinski definition) is 4. The Balaban J connectivity index is 1.57. The maximum Gasteiger partial charge on any atom is 0.271 e. The van der Waals surface area contributed by atoms with E-state index in [1.54, 1.807) is 12.1 Å². The van der Waals surface area contributed by atoms with Crippen LogP contribution in [0.3, 0.4) is 0 Å². The molecule has 0 radical (unpaired) electrons. The Bertz CT molecular complexity index is 1040. The molecule has 2 aromatic heterocycles. The zero-order chi connectivity index (χ0) is 18.3. The number of rotatable bonds is 4. The Morgan fingerprint density at radius 1 is 1.35 bits per heavy atom. The summed E-state index contributed by atoms with van der Waals surface area (Å²) < 4.78 is 14.7. The first-order chi connectivity index (χ1) is 12.5. The van der Waals surface area contributed by atoms with Gasteiger partial charge in [0, 0.05) is 29.2 Å². The van der Waals surface area contributed by atoms with E-state index in [9.17, 15) is 14.0 Å². The first kappa shape index (κ1) is 16.9. The minimum atomic E-state index is -0.420. The van der Waals surface area contributed by atoms with Crippen molar-refractivity contribution in [1.82, 2.24) is 14.7 Å². The molecule has 3 aromatic rings. The molecule has 1 aromatic carbocycles. The van der Waals surface area contributed by atoms with Gasteiger partial charge < -0.3 is 5.32 Å². The molecule has 26 heavy (non-hydrogen) atoms. The number of carbonyl (C=O) groups is 1. The Morgan fingerprint density at radius 3 is 2.73 bits per heavy atom. The number of carbonyl (C=O) groups excluding carboxylic acids is 1. The van der Waals surface area contributed by atoms with Gasteiger partial charge in [0.25, 0.3) is 11.5 Å². The first-order valence-electron chi connectivity index (χ1n) is 8.50. The fraction of sp³-hybridized carbons (Fsp3) is 0.316. The molecule has 0 atom stereocenters. The highest BCUT2D eigenvalue weighted by Gasteiger charge is 2.39. The summed E-state index contributed by atoms with van der Waals surface area (Å²) in [4.78, 5) is 30.0. The molecule has 5 nitrogen and oxygen atoms in total. The van der Waals surface area contributed by atoms with Crippen LogP contribution in [-0.4, -0.2) is 21.8 Å². The monoisotopic (exact) mass is 371 g/mol. The van der Waals surface area contributed by atoms with E-state index in [1.165, 1.54) is 34.1 Å². The fourth-order valence-corrected chi connectivity index (χ4v) is 4.33. The summed E-state index contributed by atoms with van der Waals surface area (Å²) in [5, 5.41) is 4.73. The van der Waals surface area contributed by atoms with Crippen molar-refractivity contribution >= 4 is 22.2 Å². The number of hydrogen-bond donors (Lipinski definition) is 1. The number of aromatic nitrogens is 2. The van der Waals surface area contributed by atoms with Crippen LogP contribution in [-0.2, 0) is 5.41 Å². The van der Waals surface area contributed by atoms with Crippen LogP contribution in [0.15, 0.2) is 40.6 Å². The number of halogens is 1. The summed E-state index contributed by atoms with van der Waals surface area (Å²) >= 11 is 1.37. The van der Waals surface area contributed by atoms with Gasteiger partial charge >= 0.3 is 0 Å². The molecule has 1 amide bonds. The predicted octanol–water partition coefficient (Wildman–Crippen LogP) is 3.06. The molecule has 7 heteroatoms. The van der Waals surface area contributed by atoms with Crippen LogP contribution in [0.25, 0.3) is 4.96 Å². The van der Waals surface area contributed by atoms with Gasteiger partial charge in [0.2, 0.25) is 0 Å². The van der Waals surface area contributed by atoms with E-state index < -0.39 is 5.91 Å². The predicted molar refractivity (Wildman–Crippen MR) is 98.3 cm³/mol. The van der Waals surface area contributed by atoms with Crippen LogP contribution < -0.4 is 10.9 Å². The van der Waals surface area contributed by atoms with Crippen molar-refractivity contribution in [3.8, 4) is 0 Å². The maximum absolute atomic E-state index is 13.2. The molecule has 134 valence electrons. The van der Waals surface area contributed by atoms with Gasteiger partial charge in [0.05, 0.1) is 0 Å². The molecular formula is C19H18FN3O2S. The quantitative estimate of drug-likeness (QED) is 0.767. The molecule has 0 unspecified atom stereocenters. The number of aryl methyl sites for hydroxylation is 1. The van der Waals surface area contributed by atoms with Crippen molar-refractivity contribution < 1.29 is 9.18 Å². The highest BCUT2D eigenvalue weighted by molar-refractivity contribution is 7.15. The molecule has 0 saturated heterocycles. The molecular weight excluding hydrogens is 353 g/mol. The molecule has 1 saturated carbocycles. The summed E-state index contributed by atoms with van der Waals surface area (Å²) in [5.41, 5.74) is 1.28. The van der Waals surface area contributed by atoms with Crippen molar-refractivity contribution in [2.45, 2.75) is 31.6 Å². The van der Waals surface area contributed by atoms with Crippen molar-refractivity contribution in [2.24, 2.45) is 0 Å². The normalized spacial score (nSPS) is 15.6. The maximum atomic E-state index is 13.2. The number of nitrogens with zero attached hydrogens (tertiary/aromatic N) is 2. The highest BCUT2D eigenvalue weighted by Crippen LogP contribution is 2.43. The lowest BCUT2D eigenvalue weighted by atomic mass is 9.64. The van der Waals surface area contributed by atoms with E-state index in [0.717, 1.165) is 30.5 Å². The van der Waals surface area contributed by atoms with Crippen LogP contribution in [0.2, 0.25) is 0 Å². The van der Waals surface area contributed by atoms with E-state index >= 15 is 0 Å².